The summed E-state index contributed by atoms with van der Waals surface area (Å²) in [5.41, 5.74) is 7.79. The SMILES string of the molecule is COc1ccc(C(=O)NNC(=O)CSc2nnc3c(C)cc4ccc(OC)cc4n23)cc1. The van der Waals surface area contributed by atoms with Crippen LogP contribution >= 0.6 is 11.8 Å². The van der Waals surface area contributed by atoms with Crippen molar-refractivity contribution in [2.75, 3.05) is 20.0 Å². The number of carbonyl (C=O) groups excluding carboxylic acids is 2. The highest BCUT2D eigenvalue weighted by Crippen LogP contribution is 2.28. The van der Waals surface area contributed by atoms with Crippen LogP contribution in [0.5, 0.6) is 11.5 Å². The number of thioether (sulfide) groups is 1. The van der Waals surface area contributed by atoms with Crippen molar-refractivity contribution in [1.29, 1.82) is 0 Å². The molecule has 2 aromatic carbocycles. The number of nitrogens with zero attached hydrogens (tertiary/aromatic N) is 3. The summed E-state index contributed by atoms with van der Waals surface area (Å²) in [5, 5.41) is 10.1. The lowest BCUT2D eigenvalue weighted by Gasteiger charge is -2.09. The second-order valence-corrected chi connectivity index (χ2v) is 7.86. The summed E-state index contributed by atoms with van der Waals surface area (Å²) in [7, 11) is 3.16. The number of amides is 2. The molecule has 2 amide bonds. The van der Waals surface area contributed by atoms with E-state index in [0.29, 0.717) is 27.9 Å². The number of pyridine rings is 1. The lowest BCUT2D eigenvalue weighted by Crippen LogP contribution is -2.42. The molecular formula is C22H21N5O4S. The van der Waals surface area contributed by atoms with Crippen molar-refractivity contribution < 1.29 is 19.1 Å². The normalized spacial score (nSPS) is 10.8. The molecule has 10 heteroatoms. The third kappa shape index (κ3) is 4.30. The maximum Gasteiger partial charge on any atom is 0.269 e. The van der Waals surface area contributed by atoms with Gasteiger partial charge in [0.2, 0.25) is 5.91 Å². The highest BCUT2D eigenvalue weighted by molar-refractivity contribution is 7.99. The molecule has 0 aliphatic rings. The molecule has 9 nitrogen and oxygen atoms in total. The summed E-state index contributed by atoms with van der Waals surface area (Å²) >= 11 is 1.22. The van der Waals surface area contributed by atoms with Crippen LogP contribution in [0, 0.1) is 6.92 Å². The van der Waals surface area contributed by atoms with E-state index in [2.05, 4.69) is 21.0 Å². The summed E-state index contributed by atoms with van der Waals surface area (Å²) in [6, 6.07) is 14.4. The fourth-order valence-corrected chi connectivity index (χ4v) is 3.95. The minimum atomic E-state index is -0.423. The number of nitrogens with one attached hydrogen (secondary N) is 2. The number of aromatic nitrogens is 3. The fourth-order valence-electron chi connectivity index (χ4n) is 3.21. The lowest BCUT2D eigenvalue weighted by molar-refractivity contribution is -0.119. The van der Waals surface area contributed by atoms with E-state index in [-0.39, 0.29) is 11.7 Å². The molecule has 2 aromatic heterocycles. The zero-order valence-corrected chi connectivity index (χ0v) is 18.5. The van der Waals surface area contributed by atoms with Gasteiger partial charge in [-0.2, -0.15) is 0 Å². The summed E-state index contributed by atoms with van der Waals surface area (Å²) in [4.78, 5) is 24.5. The first-order valence-electron chi connectivity index (χ1n) is 9.68. The Hall–Kier alpha value is -3.79. The number of carbonyl (C=O) groups is 2. The zero-order chi connectivity index (χ0) is 22.7. The second kappa shape index (κ2) is 9.15. The summed E-state index contributed by atoms with van der Waals surface area (Å²) in [5.74, 6) is 0.605. The van der Waals surface area contributed by atoms with Gasteiger partial charge in [0.1, 0.15) is 11.5 Å². The van der Waals surface area contributed by atoms with Gasteiger partial charge in [0.05, 0.1) is 25.5 Å². The first-order chi connectivity index (χ1) is 15.5. The van der Waals surface area contributed by atoms with Gasteiger partial charge < -0.3 is 9.47 Å². The molecule has 0 aliphatic carbocycles. The van der Waals surface area contributed by atoms with Crippen LogP contribution in [0.1, 0.15) is 15.9 Å². The molecular weight excluding hydrogens is 430 g/mol. The quantitative estimate of drug-likeness (QED) is 0.343. The van der Waals surface area contributed by atoms with Crippen molar-refractivity contribution in [3.63, 3.8) is 0 Å². The number of hydrazine groups is 1. The van der Waals surface area contributed by atoms with Crippen molar-refractivity contribution in [3.05, 3.63) is 59.7 Å². The van der Waals surface area contributed by atoms with Crippen LogP contribution in [0.2, 0.25) is 0 Å². The molecule has 0 unspecified atom stereocenters. The van der Waals surface area contributed by atoms with Gasteiger partial charge in [-0.05, 0) is 60.3 Å². The molecule has 0 saturated heterocycles. The van der Waals surface area contributed by atoms with E-state index < -0.39 is 5.91 Å². The number of benzene rings is 2. The number of methoxy groups -OCH3 is 2. The molecule has 2 heterocycles. The van der Waals surface area contributed by atoms with Crippen molar-refractivity contribution >= 4 is 40.1 Å². The lowest BCUT2D eigenvalue weighted by atomic mass is 10.1. The van der Waals surface area contributed by atoms with Crippen LogP contribution in [0.4, 0.5) is 0 Å². The molecule has 32 heavy (non-hydrogen) atoms. The minimum absolute atomic E-state index is 0.0447. The molecule has 0 aliphatic heterocycles. The number of rotatable bonds is 6. The molecule has 0 bridgehead atoms. The molecule has 0 atom stereocenters. The molecule has 0 saturated carbocycles. The largest absolute Gasteiger partial charge is 0.497 e. The first kappa shape index (κ1) is 21.4. The Bertz CT molecular complexity index is 1300. The topological polar surface area (TPSA) is 107 Å². The van der Waals surface area contributed by atoms with Gasteiger partial charge in [-0.3, -0.25) is 24.8 Å². The average molecular weight is 452 g/mol. The number of hydrogen-bond acceptors (Lipinski definition) is 7. The molecule has 2 N–H and O–H groups in total. The van der Waals surface area contributed by atoms with E-state index in [4.69, 9.17) is 9.47 Å². The monoisotopic (exact) mass is 451 g/mol. The van der Waals surface area contributed by atoms with Crippen LogP contribution in [0.3, 0.4) is 0 Å². The van der Waals surface area contributed by atoms with E-state index in [1.165, 1.54) is 11.8 Å². The fraction of sp³-hybridized carbons (Fsp3) is 0.182. The van der Waals surface area contributed by atoms with E-state index in [1.807, 2.05) is 35.6 Å². The third-order valence-corrected chi connectivity index (χ3v) is 5.77. The Kier molecular flexibility index (Phi) is 6.13. The summed E-state index contributed by atoms with van der Waals surface area (Å²) in [6.45, 7) is 1.96. The highest BCUT2D eigenvalue weighted by Gasteiger charge is 2.15. The van der Waals surface area contributed by atoms with Gasteiger partial charge in [-0.15, -0.1) is 10.2 Å². The molecule has 0 spiro atoms. The number of hydrogen-bond donors (Lipinski definition) is 2. The molecule has 0 radical (unpaired) electrons. The maximum absolute atomic E-state index is 12.3. The predicted octanol–water partition coefficient (Wildman–Crippen LogP) is 2.76. The van der Waals surface area contributed by atoms with Crippen molar-refractivity contribution in [2.45, 2.75) is 12.1 Å². The van der Waals surface area contributed by atoms with E-state index in [1.54, 1.807) is 38.5 Å². The van der Waals surface area contributed by atoms with Crippen LogP contribution in [0.15, 0.2) is 53.7 Å². The van der Waals surface area contributed by atoms with Crippen LogP contribution < -0.4 is 20.3 Å². The van der Waals surface area contributed by atoms with Gasteiger partial charge in [0.25, 0.3) is 5.91 Å². The van der Waals surface area contributed by atoms with Gasteiger partial charge in [0, 0.05) is 11.6 Å². The van der Waals surface area contributed by atoms with Crippen LogP contribution in [-0.4, -0.2) is 46.4 Å². The van der Waals surface area contributed by atoms with Gasteiger partial charge >= 0.3 is 0 Å². The Labute approximate surface area is 188 Å². The summed E-state index contributed by atoms with van der Waals surface area (Å²) in [6.07, 6.45) is 0. The number of fused-ring (bicyclic) bond motifs is 3. The Morgan fingerprint density at radius 3 is 2.41 bits per heavy atom. The maximum atomic E-state index is 12.3. The van der Waals surface area contributed by atoms with Crippen molar-refractivity contribution in [1.82, 2.24) is 25.4 Å². The van der Waals surface area contributed by atoms with Crippen molar-refractivity contribution in [2.24, 2.45) is 0 Å². The highest BCUT2D eigenvalue weighted by atomic mass is 32.2. The average Bonchev–Trinajstić information content (AvgIpc) is 3.26. The Morgan fingerprint density at radius 2 is 1.69 bits per heavy atom. The molecule has 164 valence electrons. The van der Waals surface area contributed by atoms with E-state index in [9.17, 15) is 9.59 Å². The Morgan fingerprint density at radius 1 is 0.969 bits per heavy atom. The number of aryl methyl sites for hydroxylation is 1. The predicted molar refractivity (Wildman–Crippen MR) is 121 cm³/mol. The van der Waals surface area contributed by atoms with E-state index >= 15 is 0 Å². The minimum Gasteiger partial charge on any atom is -0.497 e. The van der Waals surface area contributed by atoms with Crippen molar-refractivity contribution in [3.8, 4) is 11.5 Å². The first-order valence-corrected chi connectivity index (χ1v) is 10.7. The Balaban J connectivity index is 1.45. The number of ether oxygens (including phenoxy) is 2. The molecule has 4 aromatic rings. The zero-order valence-electron chi connectivity index (χ0n) is 17.7. The standard InChI is InChI=1S/C22H21N5O4S/c1-13-10-15-6-9-17(31-3)11-18(15)27-20(13)24-26-22(27)32-12-19(28)23-25-21(29)14-4-7-16(30-2)8-5-14/h4-11H,12H2,1-3H3,(H,23,28)(H,25,29). The second-order valence-electron chi connectivity index (χ2n) is 6.91. The van der Waals surface area contributed by atoms with Crippen LogP contribution in [0.25, 0.3) is 16.6 Å². The van der Waals surface area contributed by atoms with Gasteiger partial charge in [0.15, 0.2) is 10.8 Å². The van der Waals surface area contributed by atoms with Gasteiger partial charge in [-0.25, -0.2) is 0 Å². The molecule has 0 fully saturated rings. The van der Waals surface area contributed by atoms with E-state index in [0.717, 1.165) is 16.5 Å². The summed E-state index contributed by atoms with van der Waals surface area (Å²) < 4.78 is 12.3. The molecule has 4 rings (SSSR count). The smallest absolute Gasteiger partial charge is 0.269 e. The van der Waals surface area contributed by atoms with Crippen LogP contribution in [-0.2, 0) is 4.79 Å². The van der Waals surface area contributed by atoms with Gasteiger partial charge in [-0.1, -0.05) is 11.8 Å². The third-order valence-electron chi connectivity index (χ3n) is 4.84.